The third-order valence-corrected chi connectivity index (χ3v) is 4.45. The van der Waals surface area contributed by atoms with E-state index < -0.39 is 5.97 Å². The molecule has 5 nitrogen and oxygen atoms in total. The number of esters is 1. The molecule has 0 saturated carbocycles. The van der Waals surface area contributed by atoms with Gasteiger partial charge in [-0.15, -0.1) is 0 Å². The third-order valence-electron chi connectivity index (χ3n) is 3.25. The molecule has 2 aromatic rings. The maximum absolute atomic E-state index is 12.3. The Morgan fingerprint density at radius 3 is 2.75 bits per heavy atom. The van der Waals surface area contributed by atoms with E-state index in [0.29, 0.717) is 10.6 Å². The molecule has 0 unspecified atom stereocenters. The van der Waals surface area contributed by atoms with Gasteiger partial charge in [0.25, 0.3) is 5.91 Å². The third kappa shape index (κ3) is 4.83. The summed E-state index contributed by atoms with van der Waals surface area (Å²) in [5.41, 5.74) is 2.75. The van der Waals surface area contributed by atoms with Crippen molar-refractivity contribution in [1.29, 1.82) is 0 Å². The Hall–Kier alpha value is -2.34. The molecule has 1 N–H and O–H groups in total. The standard InChI is InChI=1S/C18H20N2O3S/c1-4-23-16(21)11-20-17(22)14-6-5-9-19-18(14)24-15-8-7-12(2)10-13(15)3/h5-10H,4,11H2,1-3H3,(H,20,22). The molecule has 0 radical (unpaired) electrons. The smallest absolute Gasteiger partial charge is 0.325 e. The highest BCUT2D eigenvalue weighted by atomic mass is 32.2. The van der Waals surface area contributed by atoms with E-state index in [0.717, 1.165) is 10.5 Å². The van der Waals surface area contributed by atoms with Gasteiger partial charge < -0.3 is 10.1 Å². The summed E-state index contributed by atoms with van der Waals surface area (Å²) >= 11 is 1.43. The lowest BCUT2D eigenvalue weighted by molar-refractivity contribution is -0.141. The quantitative estimate of drug-likeness (QED) is 0.815. The molecule has 0 aliphatic heterocycles. The number of aryl methyl sites for hydroxylation is 2. The van der Waals surface area contributed by atoms with Crippen LogP contribution in [0.2, 0.25) is 0 Å². The average Bonchev–Trinajstić information content (AvgIpc) is 2.56. The molecule has 6 heteroatoms. The molecule has 0 aliphatic rings. The molecule has 0 atom stereocenters. The minimum absolute atomic E-state index is 0.158. The molecule has 0 aliphatic carbocycles. The first-order valence-corrected chi connectivity index (χ1v) is 8.47. The van der Waals surface area contributed by atoms with E-state index in [1.165, 1.54) is 17.3 Å². The largest absolute Gasteiger partial charge is 0.465 e. The lowest BCUT2D eigenvalue weighted by Crippen LogP contribution is -2.31. The van der Waals surface area contributed by atoms with Crippen molar-refractivity contribution in [3.8, 4) is 0 Å². The van der Waals surface area contributed by atoms with Crippen LogP contribution >= 0.6 is 11.8 Å². The summed E-state index contributed by atoms with van der Waals surface area (Å²) in [6.45, 7) is 5.92. The van der Waals surface area contributed by atoms with Crippen molar-refractivity contribution in [1.82, 2.24) is 10.3 Å². The number of nitrogens with zero attached hydrogens (tertiary/aromatic N) is 1. The molecule has 2 rings (SSSR count). The Balaban J connectivity index is 2.14. The van der Waals surface area contributed by atoms with E-state index in [-0.39, 0.29) is 19.1 Å². The topological polar surface area (TPSA) is 68.3 Å². The fourth-order valence-electron chi connectivity index (χ4n) is 2.12. The van der Waals surface area contributed by atoms with Crippen LogP contribution in [-0.2, 0) is 9.53 Å². The van der Waals surface area contributed by atoms with Gasteiger partial charge in [0.2, 0.25) is 0 Å². The van der Waals surface area contributed by atoms with Crippen molar-refractivity contribution < 1.29 is 14.3 Å². The zero-order valence-electron chi connectivity index (χ0n) is 14.0. The van der Waals surface area contributed by atoms with Crippen LogP contribution in [0.5, 0.6) is 0 Å². The fourth-order valence-corrected chi connectivity index (χ4v) is 3.07. The summed E-state index contributed by atoms with van der Waals surface area (Å²) in [6, 6.07) is 9.53. The number of hydrogen-bond acceptors (Lipinski definition) is 5. The van der Waals surface area contributed by atoms with Crippen molar-refractivity contribution in [2.24, 2.45) is 0 Å². The van der Waals surface area contributed by atoms with Gasteiger partial charge in [-0.3, -0.25) is 9.59 Å². The highest BCUT2D eigenvalue weighted by Crippen LogP contribution is 2.31. The van der Waals surface area contributed by atoms with Crippen LogP contribution in [0.25, 0.3) is 0 Å². The molecule has 1 heterocycles. The van der Waals surface area contributed by atoms with Gasteiger partial charge in [-0.2, -0.15) is 0 Å². The van der Waals surface area contributed by atoms with Gasteiger partial charge in [0.1, 0.15) is 11.6 Å². The van der Waals surface area contributed by atoms with Crippen LogP contribution in [-0.4, -0.2) is 30.0 Å². The molecule has 0 saturated heterocycles. The normalized spacial score (nSPS) is 10.3. The van der Waals surface area contributed by atoms with Gasteiger partial charge in [0, 0.05) is 11.1 Å². The Labute approximate surface area is 145 Å². The van der Waals surface area contributed by atoms with E-state index in [2.05, 4.69) is 16.4 Å². The SMILES string of the molecule is CCOC(=O)CNC(=O)c1cccnc1Sc1ccc(C)cc1C. The zero-order chi connectivity index (χ0) is 17.5. The van der Waals surface area contributed by atoms with E-state index in [4.69, 9.17) is 4.74 Å². The Morgan fingerprint density at radius 2 is 2.04 bits per heavy atom. The Morgan fingerprint density at radius 1 is 1.25 bits per heavy atom. The predicted molar refractivity (Wildman–Crippen MR) is 93.2 cm³/mol. The van der Waals surface area contributed by atoms with Crippen LogP contribution in [0.3, 0.4) is 0 Å². The van der Waals surface area contributed by atoms with Gasteiger partial charge in [-0.1, -0.05) is 29.5 Å². The first kappa shape index (κ1) is 18.0. The molecule has 0 fully saturated rings. The van der Waals surface area contributed by atoms with Crippen LogP contribution in [0.15, 0.2) is 46.5 Å². The maximum atomic E-state index is 12.3. The number of rotatable bonds is 6. The average molecular weight is 344 g/mol. The monoisotopic (exact) mass is 344 g/mol. The second kappa shape index (κ2) is 8.49. The van der Waals surface area contributed by atoms with Crippen molar-refractivity contribution >= 4 is 23.6 Å². The lowest BCUT2D eigenvalue weighted by Gasteiger charge is -2.10. The molecular formula is C18H20N2O3S. The second-order valence-electron chi connectivity index (χ2n) is 5.21. The number of hydrogen-bond donors (Lipinski definition) is 1. The maximum Gasteiger partial charge on any atom is 0.325 e. The number of ether oxygens (including phenoxy) is 1. The molecule has 0 spiro atoms. The number of amides is 1. The number of aromatic nitrogens is 1. The summed E-state index contributed by atoms with van der Waals surface area (Å²) in [5.74, 6) is -0.804. The summed E-state index contributed by atoms with van der Waals surface area (Å²) in [6.07, 6.45) is 1.65. The van der Waals surface area contributed by atoms with Gasteiger partial charge >= 0.3 is 5.97 Å². The molecular weight excluding hydrogens is 324 g/mol. The first-order valence-electron chi connectivity index (χ1n) is 7.65. The summed E-state index contributed by atoms with van der Waals surface area (Å²) in [5, 5.41) is 3.17. The van der Waals surface area contributed by atoms with E-state index in [9.17, 15) is 9.59 Å². The summed E-state index contributed by atoms with van der Waals surface area (Å²) < 4.78 is 4.81. The van der Waals surface area contributed by atoms with Crippen LogP contribution in [0.1, 0.15) is 28.4 Å². The Bertz CT molecular complexity index is 747. The fraction of sp³-hybridized carbons (Fsp3) is 0.278. The predicted octanol–water partition coefficient (Wildman–Crippen LogP) is 3.14. The molecule has 1 amide bonds. The van der Waals surface area contributed by atoms with Gasteiger partial charge in [-0.25, -0.2) is 4.98 Å². The van der Waals surface area contributed by atoms with Crippen molar-refractivity contribution in [2.45, 2.75) is 30.7 Å². The highest BCUT2D eigenvalue weighted by Gasteiger charge is 2.15. The van der Waals surface area contributed by atoms with Crippen molar-refractivity contribution in [2.75, 3.05) is 13.2 Å². The Kier molecular flexibility index (Phi) is 6.37. The second-order valence-corrected chi connectivity index (χ2v) is 6.25. The van der Waals surface area contributed by atoms with Gasteiger partial charge in [0.05, 0.1) is 12.2 Å². The molecule has 1 aromatic carbocycles. The van der Waals surface area contributed by atoms with Crippen LogP contribution < -0.4 is 5.32 Å². The number of nitrogens with one attached hydrogen (secondary N) is 1. The van der Waals surface area contributed by atoms with Crippen LogP contribution in [0, 0.1) is 13.8 Å². The minimum atomic E-state index is -0.460. The lowest BCUT2D eigenvalue weighted by atomic mass is 10.2. The number of carbonyl (C=O) groups excluding carboxylic acids is 2. The molecule has 24 heavy (non-hydrogen) atoms. The summed E-state index contributed by atoms with van der Waals surface area (Å²) in [7, 11) is 0. The zero-order valence-corrected chi connectivity index (χ0v) is 14.8. The number of pyridine rings is 1. The van der Waals surface area contributed by atoms with Crippen molar-refractivity contribution in [3.63, 3.8) is 0 Å². The first-order chi connectivity index (χ1) is 11.5. The molecule has 0 bridgehead atoms. The minimum Gasteiger partial charge on any atom is -0.465 e. The summed E-state index contributed by atoms with van der Waals surface area (Å²) in [4.78, 5) is 29.1. The van der Waals surface area contributed by atoms with Crippen LogP contribution in [0.4, 0.5) is 0 Å². The number of benzene rings is 1. The number of carbonyl (C=O) groups is 2. The molecule has 1 aromatic heterocycles. The van der Waals surface area contributed by atoms with E-state index in [1.807, 2.05) is 26.0 Å². The molecule has 126 valence electrons. The van der Waals surface area contributed by atoms with E-state index in [1.54, 1.807) is 25.3 Å². The van der Waals surface area contributed by atoms with Gasteiger partial charge in [0.15, 0.2) is 0 Å². The van der Waals surface area contributed by atoms with E-state index >= 15 is 0 Å². The highest BCUT2D eigenvalue weighted by molar-refractivity contribution is 7.99. The van der Waals surface area contributed by atoms with Gasteiger partial charge in [-0.05, 0) is 44.5 Å². The van der Waals surface area contributed by atoms with Crippen molar-refractivity contribution in [3.05, 3.63) is 53.2 Å².